The van der Waals surface area contributed by atoms with E-state index in [1.165, 1.54) is 13.3 Å². The van der Waals surface area contributed by atoms with Crippen LogP contribution in [0.3, 0.4) is 0 Å². The Bertz CT molecular complexity index is 725. The molecule has 0 fully saturated rings. The lowest BCUT2D eigenvalue weighted by molar-refractivity contribution is -0.0760. The van der Waals surface area contributed by atoms with Crippen LogP contribution >= 0.6 is 0 Å². The molecule has 2 rings (SSSR count). The highest BCUT2D eigenvalue weighted by Gasteiger charge is 2.30. The normalized spacial score (nSPS) is 15.3. The number of aliphatic hydroxyl groups is 3. The van der Waals surface area contributed by atoms with Gasteiger partial charge < -0.3 is 20.1 Å². The number of methoxy groups -OCH3 is 1. The molecule has 0 amide bonds. The SMILES string of the molecule is COC(C(O)CO)C(O)C(/C=N\Nc1ccccc1)=N/Nc1ccccc1. The molecule has 0 aromatic heterocycles. The lowest BCUT2D eigenvalue weighted by Crippen LogP contribution is -2.46. The van der Waals surface area contributed by atoms with Crippen molar-refractivity contribution in [3.05, 3.63) is 60.7 Å². The van der Waals surface area contributed by atoms with Crippen LogP contribution in [0.5, 0.6) is 0 Å². The van der Waals surface area contributed by atoms with Crippen LogP contribution in [-0.4, -0.2) is 59.3 Å². The molecule has 5 N–H and O–H groups in total. The number of nitrogens with one attached hydrogen (secondary N) is 2. The first kappa shape index (κ1) is 20.5. The molecule has 0 aliphatic rings. The van der Waals surface area contributed by atoms with Gasteiger partial charge in [0.15, 0.2) is 0 Å². The third kappa shape index (κ3) is 6.46. The first-order valence-corrected chi connectivity index (χ1v) is 8.38. The van der Waals surface area contributed by atoms with Crippen LogP contribution in [0.2, 0.25) is 0 Å². The quantitative estimate of drug-likeness (QED) is 0.317. The fourth-order valence-electron chi connectivity index (χ4n) is 2.27. The van der Waals surface area contributed by atoms with Crippen molar-refractivity contribution in [2.75, 3.05) is 24.6 Å². The van der Waals surface area contributed by atoms with Gasteiger partial charge in [-0.1, -0.05) is 36.4 Å². The van der Waals surface area contributed by atoms with Crippen molar-refractivity contribution < 1.29 is 20.1 Å². The fraction of sp³-hybridized carbons (Fsp3) is 0.263. The van der Waals surface area contributed by atoms with Gasteiger partial charge in [0, 0.05) is 7.11 Å². The molecule has 0 spiro atoms. The number of hydrazone groups is 2. The Kier molecular flexibility index (Phi) is 8.40. The molecule has 3 atom stereocenters. The number of para-hydroxylation sites is 2. The molecule has 0 radical (unpaired) electrons. The minimum Gasteiger partial charge on any atom is -0.394 e. The van der Waals surface area contributed by atoms with Gasteiger partial charge in [0.1, 0.15) is 24.0 Å². The number of anilines is 2. The minimum absolute atomic E-state index is 0.113. The van der Waals surface area contributed by atoms with Crippen molar-refractivity contribution in [1.29, 1.82) is 0 Å². The van der Waals surface area contributed by atoms with E-state index in [9.17, 15) is 10.2 Å². The summed E-state index contributed by atoms with van der Waals surface area (Å²) in [7, 11) is 1.33. The topological polar surface area (TPSA) is 119 Å². The number of ether oxygens (including phenoxy) is 1. The maximum Gasteiger partial charge on any atom is 0.128 e. The molecule has 3 unspecified atom stereocenters. The molecular formula is C19H24N4O4. The Morgan fingerprint density at radius 3 is 2.07 bits per heavy atom. The summed E-state index contributed by atoms with van der Waals surface area (Å²) in [6.45, 7) is -0.561. The Morgan fingerprint density at radius 1 is 1.00 bits per heavy atom. The molecular weight excluding hydrogens is 348 g/mol. The maximum absolute atomic E-state index is 10.6. The first-order valence-electron chi connectivity index (χ1n) is 8.38. The third-order valence-corrected chi connectivity index (χ3v) is 3.70. The van der Waals surface area contributed by atoms with Crippen LogP contribution < -0.4 is 10.9 Å². The zero-order valence-corrected chi connectivity index (χ0v) is 14.9. The molecule has 8 nitrogen and oxygen atoms in total. The summed E-state index contributed by atoms with van der Waals surface area (Å²) in [5, 5.41) is 37.8. The molecule has 27 heavy (non-hydrogen) atoms. The van der Waals surface area contributed by atoms with Gasteiger partial charge in [-0.15, -0.1) is 0 Å². The number of nitrogens with zero attached hydrogens (tertiary/aromatic N) is 2. The summed E-state index contributed by atoms with van der Waals surface area (Å²) >= 11 is 0. The van der Waals surface area contributed by atoms with Gasteiger partial charge in [-0.3, -0.25) is 10.9 Å². The summed E-state index contributed by atoms with van der Waals surface area (Å²) in [4.78, 5) is 0. The predicted octanol–water partition coefficient (Wildman–Crippen LogP) is 1.28. The molecule has 0 aliphatic carbocycles. The fourth-order valence-corrected chi connectivity index (χ4v) is 2.27. The number of rotatable bonds is 10. The van der Waals surface area contributed by atoms with E-state index in [4.69, 9.17) is 9.84 Å². The molecule has 0 aliphatic heterocycles. The van der Waals surface area contributed by atoms with Crippen molar-refractivity contribution in [3.8, 4) is 0 Å². The standard InChI is InChI=1S/C19H24N4O4/c1-27-19(17(25)13-24)18(26)16(23-22-15-10-6-3-7-11-15)12-20-21-14-8-4-2-5-9-14/h2-12,17-19,21-22,24-26H,13H2,1H3/b20-12-,23-16+. The zero-order chi connectivity index (χ0) is 19.5. The molecule has 2 aromatic rings. The Balaban J connectivity index is 2.18. The molecule has 144 valence electrons. The van der Waals surface area contributed by atoms with E-state index >= 15 is 0 Å². The van der Waals surface area contributed by atoms with Crippen molar-refractivity contribution >= 4 is 23.3 Å². The number of hydrogen-bond donors (Lipinski definition) is 5. The lowest BCUT2D eigenvalue weighted by atomic mass is 10.0. The molecule has 0 saturated carbocycles. The van der Waals surface area contributed by atoms with E-state index in [2.05, 4.69) is 21.1 Å². The van der Waals surface area contributed by atoms with Crippen LogP contribution in [-0.2, 0) is 4.74 Å². The van der Waals surface area contributed by atoms with E-state index in [0.717, 1.165) is 5.69 Å². The zero-order valence-electron chi connectivity index (χ0n) is 14.9. The average molecular weight is 372 g/mol. The highest BCUT2D eigenvalue weighted by atomic mass is 16.5. The van der Waals surface area contributed by atoms with Crippen molar-refractivity contribution in [3.63, 3.8) is 0 Å². The average Bonchev–Trinajstić information content (AvgIpc) is 2.72. The van der Waals surface area contributed by atoms with E-state index < -0.39 is 24.9 Å². The van der Waals surface area contributed by atoms with E-state index in [0.29, 0.717) is 5.69 Å². The molecule has 0 heterocycles. The summed E-state index contributed by atoms with van der Waals surface area (Å²) in [6, 6.07) is 18.4. The van der Waals surface area contributed by atoms with Gasteiger partial charge in [-0.05, 0) is 24.3 Å². The highest BCUT2D eigenvalue weighted by Crippen LogP contribution is 2.09. The smallest absolute Gasteiger partial charge is 0.128 e. The van der Waals surface area contributed by atoms with E-state index in [-0.39, 0.29) is 5.71 Å². The van der Waals surface area contributed by atoms with Crippen LogP contribution in [0.25, 0.3) is 0 Å². The summed E-state index contributed by atoms with van der Waals surface area (Å²) in [5.74, 6) is 0. The van der Waals surface area contributed by atoms with Gasteiger partial charge >= 0.3 is 0 Å². The van der Waals surface area contributed by atoms with E-state index in [1.54, 1.807) is 0 Å². The molecule has 0 saturated heterocycles. The predicted molar refractivity (Wildman–Crippen MR) is 106 cm³/mol. The monoisotopic (exact) mass is 372 g/mol. The van der Waals surface area contributed by atoms with Crippen molar-refractivity contribution in [2.45, 2.75) is 18.3 Å². The van der Waals surface area contributed by atoms with Crippen LogP contribution in [0.4, 0.5) is 11.4 Å². The van der Waals surface area contributed by atoms with Crippen LogP contribution in [0.15, 0.2) is 70.9 Å². The van der Waals surface area contributed by atoms with Gasteiger partial charge in [0.2, 0.25) is 0 Å². The van der Waals surface area contributed by atoms with Gasteiger partial charge in [-0.2, -0.15) is 10.2 Å². The summed E-state index contributed by atoms with van der Waals surface area (Å²) in [6.07, 6.45) is -2.35. The highest BCUT2D eigenvalue weighted by molar-refractivity contribution is 6.33. The van der Waals surface area contributed by atoms with E-state index in [1.807, 2.05) is 60.7 Å². The second kappa shape index (κ2) is 11.0. The number of benzene rings is 2. The second-order valence-electron chi connectivity index (χ2n) is 5.65. The van der Waals surface area contributed by atoms with Gasteiger partial charge in [-0.25, -0.2) is 0 Å². The number of hydrogen-bond acceptors (Lipinski definition) is 8. The minimum atomic E-state index is -1.32. The Labute approximate surface area is 157 Å². The van der Waals surface area contributed by atoms with Gasteiger partial charge in [0.05, 0.1) is 24.2 Å². The van der Waals surface area contributed by atoms with Crippen molar-refractivity contribution in [2.24, 2.45) is 10.2 Å². The van der Waals surface area contributed by atoms with Gasteiger partial charge in [0.25, 0.3) is 0 Å². The lowest BCUT2D eigenvalue weighted by Gasteiger charge is -2.25. The number of aliphatic hydroxyl groups excluding tert-OH is 3. The molecule has 2 aromatic carbocycles. The summed E-state index contributed by atoms with van der Waals surface area (Å²) in [5.41, 5.74) is 7.23. The maximum atomic E-state index is 10.6. The van der Waals surface area contributed by atoms with Crippen molar-refractivity contribution in [1.82, 2.24) is 0 Å². The Morgan fingerprint density at radius 2 is 1.56 bits per heavy atom. The third-order valence-electron chi connectivity index (χ3n) is 3.70. The largest absolute Gasteiger partial charge is 0.394 e. The van der Waals surface area contributed by atoms with Crippen LogP contribution in [0, 0.1) is 0 Å². The Hall–Kier alpha value is -2.78. The second-order valence-corrected chi connectivity index (χ2v) is 5.65. The first-order chi connectivity index (χ1) is 13.2. The van der Waals surface area contributed by atoms with Crippen LogP contribution in [0.1, 0.15) is 0 Å². The summed E-state index contributed by atoms with van der Waals surface area (Å²) < 4.78 is 5.11. The molecule has 0 bridgehead atoms. The molecule has 8 heteroatoms.